The number of hydrogen-bond acceptors (Lipinski definition) is 2. The molecule has 0 saturated heterocycles. The Hall–Kier alpha value is -0.730. The fourth-order valence-electron chi connectivity index (χ4n) is 1.13. The van der Waals surface area contributed by atoms with Gasteiger partial charge in [0.1, 0.15) is 0 Å². The molecule has 0 amide bonds. The second-order valence-corrected chi connectivity index (χ2v) is 3.47. The van der Waals surface area contributed by atoms with Crippen molar-refractivity contribution in [3.63, 3.8) is 0 Å². The molecule has 0 fully saturated rings. The summed E-state index contributed by atoms with van der Waals surface area (Å²) in [5.74, 6) is 0. The van der Waals surface area contributed by atoms with E-state index in [4.69, 9.17) is 11.6 Å². The van der Waals surface area contributed by atoms with Crippen molar-refractivity contribution in [1.29, 1.82) is 0 Å². The minimum atomic E-state index is -0.412. The van der Waals surface area contributed by atoms with Crippen LogP contribution in [0.2, 0.25) is 0 Å². The zero-order valence-corrected chi connectivity index (χ0v) is 10.2. The number of carbonyl (C=O) groups is 1. The zero-order chi connectivity index (χ0) is 10.4. The summed E-state index contributed by atoms with van der Waals surface area (Å²) in [6.07, 6.45) is 2.32. The molecule has 0 spiro atoms. The summed E-state index contributed by atoms with van der Waals surface area (Å²) in [5.41, 5.74) is 1.56. The van der Waals surface area contributed by atoms with E-state index >= 15 is 0 Å². The third kappa shape index (κ3) is 5.05. The molecular weight excluding hydrogens is 233 g/mol. The maximum absolute atomic E-state index is 10.8. The van der Waals surface area contributed by atoms with Gasteiger partial charge in [-0.25, -0.2) is 0 Å². The summed E-state index contributed by atoms with van der Waals surface area (Å²) in [6.45, 7) is 3.11. The molecule has 0 aliphatic rings. The van der Waals surface area contributed by atoms with Crippen molar-refractivity contribution in [1.82, 2.24) is 0 Å². The molecule has 0 saturated carbocycles. The Morgan fingerprint density at radius 3 is 2.40 bits per heavy atom. The number of anilines is 1. The van der Waals surface area contributed by atoms with Crippen LogP contribution in [0.4, 0.5) is 5.69 Å². The Labute approximate surface area is 101 Å². The van der Waals surface area contributed by atoms with Crippen LogP contribution < -0.4 is 5.32 Å². The minimum absolute atomic E-state index is 0. The van der Waals surface area contributed by atoms with E-state index in [-0.39, 0.29) is 12.4 Å². The van der Waals surface area contributed by atoms with Crippen molar-refractivity contribution in [3.8, 4) is 0 Å². The standard InChI is InChI=1S/C11H14ClNO.ClH/c1-2-3-8-13-10-6-4-9(5-7-10)11(12)14;/h4-7,13H,2-3,8H2,1H3;1H. The molecule has 0 aliphatic carbocycles. The average Bonchev–Trinajstić information content (AvgIpc) is 2.19. The maximum atomic E-state index is 10.8. The molecule has 2 nitrogen and oxygen atoms in total. The lowest BCUT2D eigenvalue weighted by molar-refractivity contribution is 0.108. The Morgan fingerprint density at radius 2 is 1.93 bits per heavy atom. The van der Waals surface area contributed by atoms with Crippen LogP contribution >= 0.6 is 24.0 Å². The van der Waals surface area contributed by atoms with Gasteiger partial charge in [0.15, 0.2) is 0 Å². The van der Waals surface area contributed by atoms with Crippen LogP contribution in [0.5, 0.6) is 0 Å². The molecule has 4 heteroatoms. The Kier molecular flexibility index (Phi) is 7.18. The van der Waals surface area contributed by atoms with Gasteiger partial charge in [-0.1, -0.05) is 13.3 Å². The molecule has 1 aromatic rings. The molecule has 0 aromatic heterocycles. The number of halogens is 2. The van der Waals surface area contributed by atoms with Crippen molar-refractivity contribution < 1.29 is 4.79 Å². The van der Waals surface area contributed by atoms with Crippen molar-refractivity contribution in [2.75, 3.05) is 11.9 Å². The summed E-state index contributed by atoms with van der Waals surface area (Å²) in [4.78, 5) is 10.8. The van der Waals surface area contributed by atoms with Crippen LogP contribution in [-0.2, 0) is 0 Å². The van der Waals surface area contributed by atoms with E-state index in [1.54, 1.807) is 12.1 Å². The van der Waals surface area contributed by atoms with Gasteiger partial charge in [-0.05, 0) is 42.3 Å². The third-order valence-corrected chi connectivity index (χ3v) is 2.19. The lowest BCUT2D eigenvalue weighted by Gasteiger charge is -2.04. The maximum Gasteiger partial charge on any atom is 0.252 e. The van der Waals surface area contributed by atoms with E-state index in [0.29, 0.717) is 5.56 Å². The molecule has 0 unspecified atom stereocenters. The van der Waals surface area contributed by atoms with E-state index in [1.807, 2.05) is 12.1 Å². The predicted molar refractivity (Wildman–Crippen MR) is 67.3 cm³/mol. The van der Waals surface area contributed by atoms with Crippen LogP contribution in [0.15, 0.2) is 24.3 Å². The number of carbonyl (C=O) groups excluding carboxylic acids is 1. The van der Waals surface area contributed by atoms with Gasteiger partial charge in [0.2, 0.25) is 0 Å². The van der Waals surface area contributed by atoms with Crippen LogP contribution in [-0.4, -0.2) is 11.8 Å². The number of nitrogens with one attached hydrogen (secondary N) is 1. The lowest BCUT2D eigenvalue weighted by atomic mass is 10.2. The number of hydrogen-bond donors (Lipinski definition) is 1. The highest BCUT2D eigenvalue weighted by molar-refractivity contribution is 6.67. The molecule has 1 aromatic carbocycles. The minimum Gasteiger partial charge on any atom is -0.385 e. The molecule has 1 rings (SSSR count). The number of unbranched alkanes of at least 4 members (excludes halogenated alkanes) is 1. The Balaban J connectivity index is 0.00000196. The molecule has 0 bridgehead atoms. The first-order valence-electron chi connectivity index (χ1n) is 4.78. The molecule has 84 valence electrons. The first-order chi connectivity index (χ1) is 6.74. The van der Waals surface area contributed by atoms with Crippen molar-refractivity contribution >= 4 is 34.9 Å². The smallest absolute Gasteiger partial charge is 0.252 e. The second kappa shape index (κ2) is 7.55. The van der Waals surface area contributed by atoms with Crippen LogP contribution in [0, 0.1) is 0 Å². The SMILES string of the molecule is CCCCNc1ccc(C(=O)Cl)cc1.Cl. The Bertz CT molecular complexity index is 298. The van der Waals surface area contributed by atoms with Gasteiger partial charge in [0.05, 0.1) is 0 Å². The van der Waals surface area contributed by atoms with Gasteiger partial charge >= 0.3 is 0 Å². The summed E-state index contributed by atoms with van der Waals surface area (Å²) >= 11 is 5.32. The molecule has 0 radical (unpaired) electrons. The van der Waals surface area contributed by atoms with Gasteiger partial charge < -0.3 is 5.32 Å². The van der Waals surface area contributed by atoms with Crippen molar-refractivity contribution in [2.24, 2.45) is 0 Å². The first kappa shape index (κ1) is 14.3. The first-order valence-corrected chi connectivity index (χ1v) is 5.15. The normalized spacial score (nSPS) is 9.20. The lowest BCUT2D eigenvalue weighted by Crippen LogP contribution is -2.00. The third-order valence-electron chi connectivity index (χ3n) is 1.97. The van der Waals surface area contributed by atoms with Gasteiger partial charge in [0, 0.05) is 17.8 Å². The Morgan fingerprint density at radius 1 is 1.33 bits per heavy atom. The second-order valence-electron chi connectivity index (χ2n) is 3.13. The molecule has 1 N–H and O–H groups in total. The summed E-state index contributed by atoms with van der Waals surface area (Å²) in [6, 6.07) is 7.18. The van der Waals surface area contributed by atoms with Gasteiger partial charge in [0.25, 0.3) is 5.24 Å². The van der Waals surface area contributed by atoms with Crippen molar-refractivity contribution in [3.05, 3.63) is 29.8 Å². The largest absolute Gasteiger partial charge is 0.385 e. The van der Waals surface area contributed by atoms with E-state index < -0.39 is 5.24 Å². The van der Waals surface area contributed by atoms with Crippen molar-refractivity contribution in [2.45, 2.75) is 19.8 Å². The number of benzene rings is 1. The zero-order valence-electron chi connectivity index (χ0n) is 8.63. The molecule has 0 heterocycles. The van der Waals surface area contributed by atoms with Crippen LogP contribution in [0.1, 0.15) is 30.1 Å². The highest BCUT2D eigenvalue weighted by Crippen LogP contribution is 2.11. The predicted octanol–water partition coefficient (Wildman–Crippen LogP) is 3.70. The van der Waals surface area contributed by atoms with Crippen LogP contribution in [0.3, 0.4) is 0 Å². The fourth-order valence-corrected chi connectivity index (χ4v) is 1.25. The topological polar surface area (TPSA) is 29.1 Å². The summed E-state index contributed by atoms with van der Waals surface area (Å²) in [5, 5.41) is 2.85. The van der Waals surface area contributed by atoms with Gasteiger partial charge in [-0.15, -0.1) is 12.4 Å². The highest BCUT2D eigenvalue weighted by Gasteiger charge is 1.99. The molecule has 0 atom stereocenters. The monoisotopic (exact) mass is 247 g/mol. The van der Waals surface area contributed by atoms with E-state index in [2.05, 4.69) is 12.2 Å². The summed E-state index contributed by atoms with van der Waals surface area (Å²) < 4.78 is 0. The summed E-state index contributed by atoms with van der Waals surface area (Å²) in [7, 11) is 0. The van der Waals surface area contributed by atoms with Gasteiger partial charge in [-0.3, -0.25) is 4.79 Å². The molecule has 0 aliphatic heterocycles. The van der Waals surface area contributed by atoms with E-state index in [1.165, 1.54) is 6.42 Å². The molecular formula is C11H15Cl2NO. The highest BCUT2D eigenvalue weighted by atomic mass is 35.5. The quantitative estimate of drug-likeness (QED) is 0.635. The van der Waals surface area contributed by atoms with E-state index in [9.17, 15) is 4.79 Å². The van der Waals surface area contributed by atoms with Gasteiger partial charge in [-0.2, -0.15) is 0 Å². The number of rotatable bonds is 5. The average molecular weight is 248 g/mol. The fraction of sp³-hybridized carbons (Fsp3) is 0.364. The van der Waals surface area contributed by atoms with Crippen LogP contribution in [0.25, 0.3) is 0 Å². The molecule has 15 heavy (non-hydrogen) atoms. The van der Waals surface area contributed by atoms with E-state index in [0.717, 1.165) is 18.7 Å².